The van der Waals surface area contributed by atoms with Gasteiger partial charge in [0.2, 0.25) is 10.0 Å². The molecular weight excluding hydrogens is 404 g/mol. The smallest absolute Gasteiger partial charge is 0.261 e. The molecular formula is C22H32N2O5S. The number of imide groups is 1. The van der Waals surface area contributed by atoms with Crippen LogP contribution in [-0.2, 0) is 14.9 Å². The Balaban J connectivity index is 1.25. The summed E-state index contributed by atoms with van der Waals surface area (Å²) >= 11 is 0. The van der Waals surface area contributed by atoms with Crippen LogP contribution in [0.3, 0.4) is 0 Å². The van der Waals surface area contributed by atoms with E-state index in [9.17, 15) is 18.0 Å². The minimum absolute atomic E-state index is 0.0173. The molecule has 0 atom stereocenters. The Morgan fingerprint density at radius 3 is 2.23 bits per heavy atom. The van der Waals surface area contributed by atoms with E-state index in [1.807, 2.05) is 0 Å². The molecule has 30 heavy (non-hydrogen) atoms. The first-order valence-electron chi connectivity index (χ1n) is 11.0. The lowest BCUT2D eigenvalue weighted by atomic mass is 9.87. The highest BCUT2D eigenvalue weighted by atomic mass is 32.2. The van der Waals surface area contributed by atoms with E-state index in [1.165, 1.54) is 37.0 Å². The number of nitrogens with one attached hydrogen (secondary N) is 1. The van der Waals surface area contributed by atoms with Gasteiger partial charge in [0, 0.05) is 6.54 Å². The van der Waals surface area contributed by atoms with Crippen LogP contribution in [0.5, 0.6) is 0 Å². The van der Waals surface area contributed by atoms with Crippen molar-refractivity contribution in [3.8, 4) is 0 Å². The van der Waals surface area contributed by atoms with Crippen molar-refractivity contribution in [3.05, 3.63) is 35.4 Å². The number of carbonyl (C=O) groups excluding carboxylic acids is 2. The maximum atomic E-state index is 12.3. The van der Waals surface area contributed by atoms with E-state index < -0.39 is 10.0 Å². The maximum absolute atomic E-state index is 12.3. The molecule has 8 heteroatoms. The molecule has 1 aliphatic carbocycles. The highest BCUT2D eigenvalue weighted by Gasteiger charge is 2.34. The minimum Gasteiger partial charge on any atom is -0.287 e. The lowest BCUT2D eigenvalue weighted by molar-refractivity contribution is 0.0651. The molecule has 0 aromatic heterocycles. The fourth-order valence-corrected chi connectivity index (χ4v) is 5.16. The molecule has 1 aromatic rings. The Hall–Kier alpha value is -1.77. The van der Waals surface area contributed by atoms with Gasteiger partial charge in [-0.1, -0.05) is 62.0 Å². The molecule has 166 valence electrons. The highest BCUT2D eigenvalue weighted by Crippen LogP contribution is 2.26. The molecule has 1 aromatic carbocycles. The number of benzene rings is 1. The Morgan fingerprint density at radius 2 is 1.57 bits per heavy atom. The first-order chi connectivity index (χ1) is 14.5. The summed E-state index contributed by atoms with van der Waals surface area (Å²) in [4.78, 5) is 33.3. The fourth-order valence-electron chi connectivity index (χ4n) is 4.23. The Kier molecular flexibility index (Phi) is 8.41. The number of hydrogen-bond acceptors (Lipinski definition) is 5. The number of carbonyl (C=O) groups is 2. The van der Waals surface area contributed by atoms with Gasteiger partial charge >= 0.3 is 0 Å². The maximum Gasteiger partial charge on any atom is 0.261 e. The molecule has 2 aliphatic rings. The number of unbranched alkanes of at least 4 members (excludes halogenated alkanes) is 3. The van der Waals surface area contributed by atoms with Crippen molar-refractivity contribution in [1.29, 1.82) is 0 Å². The molecule has 1 N–H and O–H groups in total. The molecule has 0 bridgehead atoms. The van der Waals surface area contributed by atoms with E-state index >= 15 is 0 Å². The summed E-state index contributed by atoms with van der Waals surface area (Å²) in [5, 5.41) is 0. The predicted octanol–water partition coefficient (Wildman–Crippen LogP) is 3.66. The van der Waals surface area contributed by atoms with Gasteiger partial charge in [-0.3, -0.25) is 19.3 Å². The van der Waals surface area contributed by atoms with Crippen LogP contribution in [0.15, 0.2) is 24.3 Å². The topological polar surface area (TPSA) is 92.8 Å². The highest BCUT2D eigenvalue weighted by molar-refractivity contribution is 7.89. The van der Waals surface area contributed by atoms with Crippen molar-refractivity contribution in [3.63, 3.8) is 0 Å². The van der Waals surface area contributed by atoms with Gasteiger partial charge in [0.15, 0.2) is 0 Å². The van der Waals surface area contributed by atoms with Gasteiger partial charge in [0.05, 0.1) is 23.5 Å². The zero-order valence-corrected chi connectivity index (χ0v) is 18.3. The summed E-state index contributed by atoms with van der Waals surface area (Å²) in [6.45, 7) is 0.784. The van der Waals surface area contributed by atoms with E-state index in [4.69, 9.17) is 4.84 Å². The van der Waals surface area contributed by atoms with E-state index in [0.717, 1.165) is 12.8 Å². The lowest BCUT2D eigenvalue weighted by Gasteiger charge is -2.21. The molecule has 0 spiro atoms. The fraction of sp³-hybridized carbons (Fsp3) is 0.636. The van der Waals surface area contributed by atoms with Gasteiger partial charge in [0.25, 0.3) is 11.8 Å². The SMILES string of the molecule is O=C1c2ccccc2C(=O)N1CCCCCCS(=O)(=O)NOCCC1CCCCC1. The molecule has 7 nitrogen and oxygen atoms in total. The molecule has 1 saturated carbocycles. The van der Waals surface area contributed by atoms with Crippen LogP contribution in [-0.4, -0.2) is 44.0 Å². The summed E-state index contributed by atoms with van der Waals surface area (Å²) in [7, 11) is -3.43. The molecule has 0 radical (unpaired) electrons. The number of sulfonamides is 1. The van der Waals surface area contributed by atoms with E-state index in [0.29, 0.717) is 49.5 Å². The average molecular weight is 437 g/mol. The number of nitrogens with zero attached hydrogens (tertiary/aromatic N) is 1. The van der Waals surface area contributed by atoms with Crippen LogP contribution in [0, 0.1) is 5.92 Å². The molecule has 1 heterocycles. The second-order valence-electron chi connectivity index (χ2n) is 8.27. The van der Waals surface area contributed by atoms with E-state index in [-0.39, 0.29) is 17.6 Å². The van der Waals surface area contributed by atoms with Crippen molar-refractivity contribution in [2.45, 2.75) is 64.2 Å². The molecule has 3 rings (SSSR count). The first-order valence-corrected chi connectivity index (χ1v) is 12.7. The van der Waals surface area contributed by atoms with Gasteiger partial charge in [-0.25, -0.2) is 8.42 Å². The average Bonchev–Trinajstić information content (AvgIpc) is 2.99. The second kappa shape index (κ2) is 11.0. The quantitative estimate of drug-likeness (QED) is 0.307. The summed E-state index contributed by atoms with van der Waals surface area (Å²) in [6, 6.07) is 6.85. The van der Waals surface area contributed by atoms with Crippen molar-refractivity contribution in [1.82, 2.24) is 9.79 Å². The molecule has 1 fully saturated rings. The number of rotatable bonds is 12. The van der Waals surface area contributed by atoms with Gasteiger partial charge in [-0.05, 0) is 37.3 Å². The van der Waals surface area contributed by atoms with E-state index in [1.54, 1.807) is 24.3 Å². The molecule has 2 amide bonds. The Labute approximate surface area is 179 Å². The number of hydrogen-bond donors (Lipinski definition) is 1. The Morgan fingerprint density at radius 1 is 0.933 bits per heavy atom. The number of fused-ring (bicyclic) bond motifs is 1. The standard InChI is InChI=1S/C22H32N2O5S/c25-21-19-12-6-7-13-20(19)22(26)24(21)15-8-1-2-9-17-30(27,28)23-29-16-14-18-10-4-3-5-11-18/h6-7,12-13,18,23H,1-5,8-11,14-17H2. The summed E-state index contributed by atoms with van der Waals surface area (Å²) in [6.07, 6.45) is 9.83. The van der Waals surface area contributed by atoms with Gasteiger partial charge < -0.3 is 0 Å². The predicted molar refractivity (Wildman–Crippen MR) is 114 cm³/mol. The van der Waals surface area contributed by atoms with Crippen LogP contribution in [0.25, 0.3) is 0 Å². The van der Waals surface area contributed by atoms with Crippen LogP contribution in [0.2, 0.25) is 0 Å². The van der Waals surface area contributed by atoms with Crippen LogP contribution < -0.4 is 4.89 Å². The third-order valence-corrected chi connectivity index (χ3v) is 7.16. The van der Waals surface area contributed by atoms with Crippen LogP contribution in [0.4, 0.5) is 0 Å². The zero-order chi connectivity index (χ0) is 21.4. The lowest BCUT2D eigenvalue weighted by Crippen LogP contribution is -2.30. The first kappa shape index (κ1) is 22.9. The summed E-state index contributed by atoms with van der Waals surface area (Å²) in [5.74, 6) is 0.189. The third-order valence-electron chi connectivity index (χ3n) is 5.96. The van der Waals surface area contributed by atoms with E-state index in [2.05, 4.69) is 4.89 Å². The van der Waals surface area contributed by atoms with Gasteiger partial charge in [-0.2, -0.15) is 0 Å². The summed E-state index contributed by atoms with van der Waals surface area (Å²) in [5.41, 5.74) is 0.923. The normalized spacial score (nSPS) is 17.5. The van der Waals surface area contributed by atoms with Gasteiger partial charge in [-0.15, -0.1) is 0 Å². The van der Waals surface area contributed by atoms with Gasteiger partial charge in [0.1, 0.15) is 0 Å². The third kappa shape index (κ3) is 6.36. The molecule has 1 aliphatic heterocycles. The minimum atomic E-state index is -3.43. The van der Waals surface area contributed by atoms with Crippen molar-refractivity contribution in [2.24, 2.45) is 5.92 Å². The van der Waals surface area contributed by atoms with Crippen LogP contribution in [0.1, 0.15) is 84.9 Å². The van der Waals surface area contributed by atoms with Crippen molar-refractivity contribution in [2.75, 3.05) is 18.9 Å². The zero-order valence-electron chi connectivity index (χ0n) is 17.5. The van der Waals surface area contributed by atoms with Crippen LogP contribution >= 0.6 is 0 Å². The largest absolute Gasteiger partial charge is 0.287 e. The number of amides is 2. The second-order valence-corrected chi connectivity index (χ2v) is 10.1. The Bertz CT molecular complexity index is 799. The monoisotopic (exact) mass is 436 g/mol. The molecule has 0 unspecified atom stereocenters. The summed E-state index contributed by atoms with van der Waals surface area (Å²) < 4.78 is 24.0. The molecule has 0 saturated heterocycles. The van der Waals surface area contributed by atoms with Crippen molar-refractivity contribution < 1.29 is 22.8 Å². The van der Waals surface area contributed by atoms with Crippen molar-refractivity contribution >= 4 is 21.8 Å².